The molecule has 0 aromatic heterocycles. The Bertz CT molecular complexity index is 781. The highest BCUT2D eigenvalue weighted by molar-refractivity contribution is 5.78. The van der Waals surface area contributed by atoms with Crippen molar-refractivity contribution in [3.63, 3.8) is 0 Å². The molecule has 1 heterocycles. The van der Waals surface area contributed by atoms with Crippen molar-refractivity contribution >= 4 is 5.91 Å². The van der Waals surface area contributed by atoms with Crippen molar-refractivity contribution < 1.29 is 19.2 Å². The summed E-state index contributed by atoms with van der Waals surface area (Å²) in [4.78, 5) is 14.0. The molecule has 150 valence electrons. The van der Waals surface area contributed by atoms with Crippen LogP contribution in [0.3, 0.4) is 0 Å². The topological polar surface area (TPSA) is 52.0 Å². The average molecular weight is 384 g/mol. The number of likely N-dealkylation sites (tertiary alicyclic amines) is 1. The number of benzene rings is 2. The number of quaternary nitrogens is 1. The highest BCUT2D eigenvalue weighted by Crippen LogP contribution is 2.23. The van der Waals surface area contributed by atoms with Crippen molar-refractivity contribution in [2.24, 2.45) is 5.92 Å². The molecule has 5 nitrogen and oxygen atoms in total. The Morgan fingerprint density at radius 3 is 2.43 bits per heavy atom. The van der Waals surface area contributed by atoms with E-state index in [4.69, 9.17) is 9.47 Å². The fourth-order valence-electron chi connectivity index (χ4n) is 3.79. The van der Waals surface area contributed by atoms with E-state index in [1.165, 1.54) is 10.5 Å². The summed E-state index contributed by atoms with van der Waals surface area (Å²) in [6.45, 7) is 5.54. The molecule has 0 radical (unpaired) electrons. The van der Waals surface area contributed by atoms with Gasteiger partial charge in [0.15, 0.2) is 0 Å². The van der Waals surface area contributed by atoms with Crippen LogP contribution in [0.4, 0.5) is 0 Å². The van der Waals surface area contributed by atoms with Crippen LogP contribution >= 0.6 is 0 Å². The molecule has 0 spiro atoms. The second-order valence-electron chi connectivity index (χ2n) is 7.58. The summed E-state index contributed by atoms with van der Waals surface area (Å²) in [5, 5.41) is 3.10. The number of rotatable bonds is 7. The smallest absolute Gasteiger partial charge is 0.223 e. The number of nitrogens with one attached hydrogen (secondary N) is 2. The number of carbonyl (C=O) groups is 1. The van der Waals surface area contributed by atoms with Gasteiger partial charge in [-0.05, 0) is 30.7 Å². The van der Waals surface area contributed by atoms with Crippen molar-refractivity contribution in [1.82, 2.24) is 5.32 Å². The zero-order valence-corrected chi connectivity index (χ0v) is 17.1. The maximum Gasteiger partial charge on any atom is 0.223 e. The number of hydrogen-bond donors (Lipinski definition) is 2. The molecule has 3 rings (SSSR count). The van der Waals surface area contributed by atoms with Gasteiger partial charge in [0.05, 0.1) is 32.9 Å². The lowest BCUT2D eigenvalue weighted by atomic mass is 9.95. The van der Waals surface area contributed by atoms with Gasteiger partial charge >= 0.3 is 0 Å². The van der Waals surface area contributed by atoms with Crippen molar-refractivity contribution in [3.8, 4) is 11.5 Å². The molecule has 1 aliphatic heterocycles. The van der Waals surface area contributed by atoms with Crippen LogP contribution in [0.25, 0.3) is 0 Å². The van der Waals surface area contributed by atoms with E-state index >= 15 is 0 Å². The highest BCUT2D eigenvalue weighted by Gasteiger charge is 2.28. The SMILES string of the molecule is COc1ccc(OC)c(C[NH+]2CCC(C(=O)NCc3ccc(C)cc3)CC2)c1. The van der Waals surface area contributed by atoms with Crippen molar-refractivity contribution in [2.45, 2.75) is 32.9 Å². The van der Waals surface area contributed by atoms with Gasteiger partial charge in [-0.3, -0.25) is 4.79 Å². The zero-order valence-electron chi connectivity index (χ0n) is 17.1. The van der Waals surface area contributed by atoms with Crippen LogP contribution in [-0.2, 0) is 17.9 Å². The first kappa shape index (κ1) is 20.2. The quantitative estimate of drug-likeness (QED) is 0.770. The van der Waals surface area contributed by atoms with E-state index in [2.05, 4.69) is 36.5 Å². The first-order chi connectivity index (χ1) is 13.6. The van der Waals surface area contributed by atoms with Gasteiger partial charge in [0.2, 0.25) is 5.91 Å². The second kappa shape index (κ2) is 9.60. The Morgan fingerprint density at radius 1 is 1.07 bits per heavy atom. The molecule has 2 N–H and O–H groups in total. The minimum atomic E-state index is 0.112. The number of carbonyl (C=O) groups excluding carboxylic acids is 1. The normalized spacial score (nSPS) is 19.1. The van der Waals surface area contributed by atoms with E-state index in [0.717, 1.165) is 55.1 Å². The van der Waals surface area contributed by atoms with Crippen LogP contribution in [0.5, 0.6) is 11.5 Å². The van der Waals surface area contributed by atoms with E-state index in [-0.39, 0.29) is 11.8 Å². The minimum absolute atomic E-state index is 0.112. The molecule has 5 heteroatoms. The van der Waals surface area contributed by atoms with E-state index in [1.54, 1.807) is 14.2 Å². The van der Waals surface area contributed by atoms with E-state index in [9.17, 15) is 4.79 Å². The number of methoxy groups -OCH3 is 2. The minimum Gasteiger partial charge on any atom is -0.497 e. The maximum atomic E-state index is 12.5. The average Bonchev–Trinajstić information content (AvgIpc) is 2.73. The fraction of sp³-hybridized carbons (Fsp3) is 0.435. The van der Waals surface area contributed by atoms with Crippen molar-refractivity contribution in [3.05, 3.63) is 59.2 Å². The van der Waals surface area contributed by atoms with Crippen molar-refractivity contribution in [2.75, 3.05) is 27.3 Å². The summed E-state index contributed by atoms with van der Waals surface area (Å²) in [6.07, 6.45) is 1.84. The molecule has 2 aromatic carbocycles. The van der Waals surface area contributed by atoms with Crippen LogP contribution in [-0.4, -0.2) is 33.2 Å². The number of amides is 1. The number of ether oxygens (including phenoxy) is 2. The predicted molar refractivity (Wildman–Crippen MR) is 110 cm³/mol. The molecule has 0 saturated carbocycles. The standard InChI is InChI=1S/C23H30N2O3/c1-17-4-6-18(7-5-17)15-24-23(26)19-10-12-25(13-11-19)16-20-14-21(27-2)8-9-22(20)28-3/h4-9,14,19H,10-13,15-16H2,1-3H3,(H,24,26)/p+1. The first-order valence-electron chi connectivity index (χ1n) is 9.96. The molecule has 0 atom stereocenters. The fourth-order valence-corrected chi connectivity index (χ4v) is 3.79. The summed E-state index contributed by atoms with van der Waals surface area (Å²) in [6, 6.07) is 14.2. The Labute approximate surface area is 167 Å². The van der Waals surface area contributed by atoms with Crippen LogP contribution < -0.4 is 19.7 Å². The number of hydrogen-bond acceptors (Lipinski definition) is 3. The number of aryl methyl sites for hydroxylation is 1. The molecule has 1 amide bonds. The summed E-state index contributed by atoms with van der Waals surface area (Å²) in [5.74, 6) is 2.03. The zero-order chi connectivity index (χ0) is 19.9. The molecule has 0 unspecified atom stereocenters. The Kier molecular flexibility index (Phi) is 6.93. The lowest BCUT2D eigenvalue weighted by Gasteiger charge is -2.29. The molecular formula is C23H31N2O3+. The molecule has 0 bridgehead atoms. The van der Waals surface area contributed by atoms with Gasteiger partial charge in [-0.15, -0.1) is 0 Å². The third kappa shape index (κ3) is 5.26. The number of piperidine rings is 1. The monoisotopic (exact) mass is 383 g/mol. The molecule has 0 aliphatic carbocycles. The highest BCUT2D eigenvalue weighted by atomic mass is 16.5. The molecule has 1 aliphatic rings. The summed E-state index contributed by atoms with van der Waals surface area (Å²) >= 11 is 0. The lowest BCUT2D eigenvalue weighted by Crippen LogP contribution is -3.11. The van der Waals surface area contributed by atoms with E-state index in [1.807, 2.05) is 18.2 Å². The third-order valence-electron chi connectivity index (χ3n) is 5.58. The van der Waals surface area contributed by atoms with E-state index in [0.29, 0.717) is 6.54 Å². The predicted octanol–water partition coefficient (Wildman–Crippen LogP) is 2.12. The van der Waals surface area contributed by atoms with Crippen LogP contribution in [0.2, 0.25) is 0 Å². The summed E-state index contributed by atoms with van der Waals surface area (Å²) in [7, 11) is 3.38. The van der Waals surface area contributed by atoms with Gasteiger partial charge in [0.1, 0.15) is 18.0 Å². The Hall–Kier alpha value is -2.53. The van der Waals surface area contributed by atoms with Crippen LogP contribution in [0.15, 0.2) is 42.5 Å². The van der Waals surface area contributed by atoms with Gasteiger partial charge in [-0.1, -0.05) is 29.8 Å². The van der Waals surface area contributed by atoms with Gasteiger partial charge in [-0.2, -0.15) is 0 Å². The van der Waals surface area contributed by atoms with Crippen molar-refractivity contribution in [1.29, 1.82) is 0 Å². The molecule has 2 aromatic rings. The van der Waals surface area contributed by atoms with Gasteiger partial charge in [-0.25, -0.2) is 0 Å². The Balaban J connectivity index is 1.49. The van der Waals surface area contributed by atoms with Gasteiger partial charge in [0.25, 0.3) is 0 Å². The van der Waals surface area contributed by atoms with E-state index < -0.39 is 0 Å². The molecule has 28 heavy (non-hydrogen) atoms. The Morgan fingerprint density at radius 2 is 1.79 bits per heavy atom. The molecular weight excluding hydrogens is 352 g/mol. The molecule has 1 saturated heterocycles. The summed E-state index contributed by atoms with van der Waals surface area (Å²) in [5.41, 5.74) is 3.53. The van der Waals surface area contributed by atoms with Gasteiger partial charge < -0.3 is 19.7 Å². The van der Waals surface area contributed by atoms with Crippen LogP contribution in [0, 0.1) is 12.8 Å². The lowest BCUT2D eigenvalue weighted by molar-refractivity contribution is -0.919. The van der Waals surface area contributed by atoms with Gasteiger partial charge in [0, 0.05) is 25.3 Å². The maximum absolute atomic E-state index is 12.5. The summed E-state index contributed by atoms with van der Waals surface area (Å²) < 4.78 is 10.8. The second-order valence-corrected chi connectivity index (χ2v) is 7.58. The third-order valence-corrected chi connectivity index (χ3v) is 5.58. The van der Waals surface area contributed by atoms with Crippen LogP contribution in [0.1, 0.15) is 29.5 Å². The largest absolute Gasteiger partial charge is 0.497 e. The molecule has 1 fully saturated rings. The first-order valence-corrected chi connectivity index (χ1v) is 9.96.